The first kappa shape index (κ1) is 25.0. The SMILES string of the molecule is CCCOC(=O)c1cccc(-c2ccc(C=C3SC(=Nc4cccc(C(=O)OC)c4)N(C)C3=O)o2)c1. The molecule has 1 aliphatic heterocycles. The van der Waals surface area contributed by atoms with Gasteiger partial charge in [0.05, 0.1) is 35.4 Å². The molecule has 3 aromatic rings. The molecule has 0 bridgehead atoms. The number of methoxy groups -OCH3 is 1. The lowest BCUT2D eigenvalue weighted by molar-refractivity contribution is -0.121. The van der Waals surface area contributed by atoms with Crippen molar-refractivity contribution in [1.82, 2.24) is 4.90 Å². The van der Waals surface area contributed by atoms with E-state index in [1.165, 1.54) is 23.8 Å². The van der Waals surface area contributed by atoms with Gasteiger partial charge in [-0.15, -0.1) is 0 Å². The van der Waals surface area contributed by atoms with Crippen LogP contribution in [0.4, 0.5) is 5.69 Å². The Kier molecular flexibility index (Phi) is 7.70. The molecular weight excluding hydrogens is 480 g/mol. The van der Waals surface area contributed by atoms with E-state index in [-0.39, 0.29) is 11.9 Å². The number of amidine groups is 1. The zero-order chi connectivity index (χ0) is 25.7. The topological polar surface area (TPSA) is 98.4 Å². The minimum atomic E-state index is -0.460. The fourth-order valence-electron chi connectivity index (χ4n) is 3.37. The van der Waals surface area contributed by atoms with Crippen molar-refractivity contribution in [1.29, 1.82) is 0 Å². The molecule has 0 saturated carbocycles. The Bertz CT molecular complexity index is 1370. The van der Waals surface area contributed by atoms with Crippen LogP contribution in [0.25, 0.3) is 17.4 Å². The Balaban J connectivity index is 1.53. The van der Waals surface area contributed by atoms with Gasteiger partial charge in [-0.2, -0.15) is 0 Å². The van der Waals surface area contributed by atoms with E-state index in [9.17, 15) is 14.4 Å². The third-order valence-electron chi connectivity index (χ3n) is 5.22. The standard InChI is InChI=1S/C27H24N2O6S/c1-4-13-34-26(32)18-8-5-7-17(14-18)22-12-11-21(35-22)16-23-24(30)29(2)27(36-23)28-20-10-6-9-19(15-20)25(31)33-3/h5-12,14-16H,4,13H2,1-3H3. The van der Waals surface area contributed by atoms with Gasteiger partial charge in [0, 0.05) is 18.7 Å². The van der Waals surface area contributed by atoms with E-state index in [1.807, 2.05) is 13.0 Å². The van der Waals surface area contributed by atoms with Gasteiger partial charge >= 0.3 is 11.9 Å². The van der Waals surface area contributed by atoms with Crippen molar-refractivity contribution >= 4 is 46.5 Å². The second-order valence-corrected chi connectivity index (χ2v) is 8.84. The first-order valence-corrected chi connectivity index (χ1v) is 12.0. The lowest BCUT2D eigenvalue weighted by Crippen LogP contribution is -2.23. The molecule has 1 fully saturated rings. The summed E-state index contributed by atoms with van der Waals surface area (Å²) in [6.45, 7) is 2.30. The van der Waals surface area contributed by atoms with Crippen molar-refractivity contribution in [2.45, 2.75) is 13.3 Å². The largest absolute Gasteiger partial charge is 0.465 e. The molecule has 4 rings (SSSR count). The van der Waals surface area contributed by atoms with Gasteiger partial charge in [0.2, 0.25) is 0 Å². The van der Waals surface area contributed by atoms with Crippen molar-refractivity contribution < 1.29 is 28.3 Å². The predicted molar refractivity (Wildman–Crippen MR) is 138 cm³/mol. The van der Waals surface area contributed by atoms with Crippen LogP contribution in [0.2, 0.25) is 0 Å². The van der Waals surface area contributed by atoms with Crippen LogP contribution in [-0.4, -0.2) is 48.7 Å². The molecule has 2 aromatic carbocycles. The highest BCUT2D eigenvalue weighted by Crippen LogP contribution is 2.34. The molecule has 1 aliphatic rings. The summed E-state index contributed by atoms with van der Waals surface area (Å²) in [5, 5.41) is 0.471. The van der Waals surface area contributed by atoms with Gasteiger partial charge in [-0.05, 0) is 60.6 Å². The molecule has 0 atom stereocenters. The molecule has 36 heavy (non-hydrogen) atoms. The Morgan fingerprint density at radius 2 is 1.81 bits per heavy atom. The van der Waals surface area contributed by atoms with Crippen molar-refractivity contribution in [3.8, 4) is 11.3 Å². The Hall–Kier alpha value is -4.11. The smallest absolute Gasteiger partial charge is 0.338 e. The summed E-state index contributed by atoms with van der Waals surface area (Å²) in [5.41, 5.74) is 2.07. The van der Waals surface area contributed by atoms with Crippen molar-refractivity contribution in [3.05, 3.63) is 82.5 Å². The van der Waals surface area contributed by atoms with E-state index in [1.54, 1.807) is 67.7 Å². The number of esters is 2. The maximum Gasteiger partial charge on any atom is 0.338 e. The van der Waals surface area contributed by atoms with Crippen LogP contribution in [0.1, 0.15) is 39.8 Å². The van der Waals surface area contributed by atoms with Crippen LogP contribution in [-0.2, 0) is 14.3 Å². The van der Waals surface area contributed by atoms with Gasteiger partial charge in [0.1, 0.15) is 11.5 Å². The number of hydrogen-bond donors (Lipinski definition) is 0. The van der Waals surface area contributed by atoms with Crippen LogP contribution in [0, 0.1) is 0 Å². The van der Waals surface area contributed by atoms with E-state index in [0.29, 0.717) is 45.0 Å². The number of hydrogen-bond acceptors (Lipinski definition) is 8. The van der Waals surface area contributed by atoms with Crippen LogP contribution in [0.3, 0.4) is 0 Å². The van der Waals surface area contributed by atoms with Crippen LogP contribution in [0.5, 0.6) is 0 Å². The van der Waals surface area contributed by atoms with Gasteiger partial charge in [-0.1, -0.05) is 25.1 Å². The first-order valence-electron chi connectivity index (χ1n) is 11.2. The minimum Gasteiger partial charge on any atom is -0.465 e. The molecule has 0 N–H and O–H groups in total. The monoisotopic (exact) mass is 504 g/mol. The summed E-state index contributed by atoms with van der Waals surface area (Å²) in [6, 6.07) is 17.2. The molecule has 0 aliphatic carbocycles. The van der Waals surface area contributed by atoms with Crippen LogP contribution in [0.15, 0.2) is 75.0 Å². The fraction of sp³-hybridized carbons (Fsp3) is 0.185. The number of thioether (sulfide) groups is 1. The first-order chi connectivity index (χ1) is 17.4. The summed E-state index contributed by atoms with van der Waals surface area (Å²) >= 11 is 1.21. The summed E-state index contributed by atoms with van der Waals surface area (Å²) in [7, 11) is 2.95. The van der Waals surface area contributed by atoms with E-state index in [0.717, 1.165) is 12.0 Å². The number of furan rings is 1. The molecule has 0 radical (unpaired) electrons. The van der Waals surface area contributed by atoms with Gasteiger partial charge in [0.25, 0.3) is 5.91 Å². The van der Waals surface area contributed by atoms with Gasteiger partial charge in [0.15, 0.2) is 5.17 Å². The molecule has 0 unspecified atom stereocenters. The summed E-state index contributed by atoms with van der Waals surface area (Å²) in [5.74, 6) is -0.0152. The number of aliphatic imine (C=N–C) groups is 1. The summed E-state index contributed by atoms with van der Waals surface area (Å²) < 4.78 is 15.9. The average Bonchev–Trinajstić information content (AvgIpc) is 3.47. The molecule has 8 nitrogen and oxygen atoms in total. The van der Waals surface area contributed by atoms with Crippen molar-refractivity contribution in [3.63, 3.8) is 0 Å². The lowest BCUT2D eigenvalue weighted by Gasteiger charge is -2.07. The minimum absolute atomic E-state index is 0.221. The highest BCUT2D eigenvalue weighted by atomic mass is 32.2. The zero-order valence-electron chi connectivity index (χ0n) is 20.0. The molecule has 2 heterocycles. The Labute approximate surface area is 212 Å². The number of benzene rings is 2. The lowest BCUT2D eigenvalue weighted by atomic mass is 10.1. The number of amides is 1. The molecule has 184 valence electrons. The van der Waals surface area contributed by atoms with E-state index >= 15 is 0 Å². The summed E-state index contributed by atoms with van der Waals surface area (Å²) in [6.07, 6.45) is 2.40. The third kappa shape index (κ3) is 5.58. The highest BCUT2D eigenvalue weighted by Gasteiger charge is 2.30. The van der Waals surface area contributed by atoms with E-state index < -0.39 is 5.97 Å². The molecule has 1 saturated heterocycles. The van der Waals surface area contributed by atoms with Gasteiger partial charge in [-0.25, -0.2) is 14.6 Å². The average molecular weight is 505 g/mol. The van der Waals surface area contributed by atoms with E-state index in [4.69, 9.17) is 13.9 Å². The van der Waals surface area contributed by atoms with Crippen LogP contribution < -0.4 is 0 Å². The number of nitrogens with zero attached hydrogens (tertiary/aromatic N) is 2. The highest BCUT2D eigenvalue weighted by molar-refractivity contribution is 8.18. The quantitative estimate of drug-likeness (QED) is 0.308. The maximum atomic E-state index is 12.8. The third-order valence-corrected chi connectivity index (χ3v) is 6.28. The molecule has 0 spiro atoms. The number of likely N-dealkylation sites (N-methyl/N-ethyl adjacent to an activating group) is 1. The molecule has 1 aromatic heterocycles. The number of carbonyl (C=O) groups excluding carboxylic acids is 3. The van der Waals surface area contributed by atoms with Crippen molar-refractivity contribution in [2.24, 2.45) is 4.99 Å². The second kappa shape index (κ2) is 11.1. The van der Waals surface area contributed by atoms with Crippen LogP contribution >= 0.6 is 11.8 Å². The second-order valence-electron chi connectivity index (χ2n) is 7.83. The van der Waals surface area contributed by atoms with Crippen molar-refractivity contribution in [2.75, 3.05) is 20.8 Å². The Morgan fingerprint density at radius 3 is 2.56 bits per heavy atom. The normalized spacial score (nSPS) is 15.5. The maximum absolute atomic E-state index is 12.8. The van der Waals surface area contributed by atoms with Gasteiger partial charge in [-0.3, -0.25) is 9.69 Å². The number of ether oxygens (including phenoxy) is 2. The summed E-state index contributed by atoms with van der Waals surface area (Å²) in [4.78, 5) is 43.2. The van der Waals surface area contributed by atoms with E-state index in [2.05, 4.69) is 4.99 Å². The molecule has 1 amide bonds. The number of rotatable bonds is 7. The Morgan fingerprint density at radius 1 is 1.06 bits per heavy atom. The number of carbonyl (C=O) groups is 3. The fourth-order valence-corrected chi connectivity index (χ4v) is 4.34. The molecular formula is C27H24N2O6S. The molecule has 9 heteroatoms. The van der Waals surface area contributed by atoms with Gasteiger partial charge < -0.3 is 13.9 Å². The predicted octanol–water partition coefficient (Wildman–Crippen LogP) is 5.53. The zero-order valence-corrected chi connectivity index (χ0v) is 20.8.